The number of aryl methyl sites for hydroxylation is 1. The Hall–Kier alpha value is -1.22. The van der Waals surface area contributed by atoms with Gasteiger partial charge in [0.2, 0.25) is 0 Å². The van der Waals surface area contributed by atoms with Crippen molar-refractivity contribution in [3.8, 4) is 5.75 Å². The number of hydrogen-bond acceptors (Lipinski definition) is 3. The highest BCUT2D eigenvalue weighted by Gasteiger charge is 2.03. The zero-order valence-electron chi connectivity index (χ0n) is 11.4. The number of hydrogen-bond donors (Lipinski definition) is 1. The number of anilines is 1. The molecule has 0 fully saturated rings. The molecule has 17 heavy (non-hydrogen) atoms. The van der Waals surface area contributed by atoms with Gasteiger partial charge in [0.05, 0.1) is 12.8 Å². The molecular weight excluding hydrogens is 212 g/mol. The van der Waals surface area contributed by atoms with Gasteiger partial charge in [-0.3, -0.25) is 0 Å². The lowest BCUT2D eigenvalue weighted by Crippen LogP contribution is -2.28. The molecule has 0 bridgehead atoms. The topological polar surface area (TPSA) is 24.5 Å². The Balaban J connectivity index is 2.53. The quantitative estimate of drug-likeness (QED) is 0.788. The normalized spacial score (nSPS) is 10.6. The SMILES string of the molecule is CCN(CC)CCNc1cc(C)ccc1OC. The van der Waals surface area contributed by atoms with Gasteiger partial charge in [-0.05, 0) is 37.7 Å². The summed E-state index contributed by atoms with van der Waals surface area (Å²) in [6.45, 7) is 10.7. The first-order chi connectivity index (χ1) is 8.21. The van der Waals surface area contributed by atoms with Gasteiger partial charge in [-0.2, -0.15) is 0 Å². The van der Waals surface area contributed by atoms with Crippen molar-refractivity contribution in [3.05, 3.63) is 23.8 Å². The van der Waals surface area contributed by atoms with E-state index in [1.165, 1.54) is 5.56 Å². The lowest BCUT2D eigenvalue weighted by atomic mass is 10.2. The molecule has 1 aromatic carbocycles. The zero-order valence-corrected chi connectivity index (χ0v) is 11.4. The summed E-state index contributed by atoms with van der Waals surface area (Å²) < 4.78 is 5.33. The molecule has 0 spiro atoms. The third-order valence-corrected chi connectivity index (χ3v) is 2.99. The van der Waals surface area contributed by atoms with Crippen molar-refractivity contribution in [2.24, 2.45) is 0 Å². The molecule has 0 aliphatic rings. The summed E-state index contributed by atoms with van der Waals surface area (Å²) in [6.07, 6.45) is 0. The number of benzene rings is 1. The molecule has 0 heterocycles. The highest BCUT2D eigenvalue weighted by molar-refractivity contribution is 5.57. The lowest BCUT2D eigenvalue weighted by Gasteiger charge is -2.19. The average molecular weight is 236 g/mol. The van der Waals surface area contributed by atoms with Gasteiger partial charge in [0.25, 0.3) is 0 Å². The zero-order chi connectivity index (χ0) is 12.7. The molecule has 3 nitrogen and oxygen atoms in total. The fourth-order valence-corrected chi connectivity index (χ4v) is 1.85. The average Bonchev–Trinajstić information content (AvgIpc) is 2.35. The Bertz CT molecular complexity index is 335. The van der Waals surface area contributed by atoms with Crippen LogP contribution in [0, 0.1) is 6.92 Å². The maximum atomic E-state index is 5.33. The van der Waals surface area contributed by atoms with Gasteiger partial charge in [-0.15, -0.1) is 0 Å². The Morgan fingerprint density at radius 2 is 1.94 bits per heavy atom. The molecule has 3 heteroatoms. The predicted molar refractivity (Wildman–Crippen MR) is 74.0 cm³/mol. The van der Waals surface area contributed by atoms with Crippen LogP contribution in [0.4, 0.5) is 5.69 Å². The fourth-order valence-electron chi connectivity index (χ4n) is 1.85. The first-order valence-corrected chi connectivity index (χ1v) is 6.32. The van der Waals surface area contributed by atoms with E-state index in [0.29, 0.717) is 0 Å². The summed E-state index contributed by atoms with van der Waals surface area (Å²) in [5.74, 6) is 0.912. The summed E-state index contributed by atoms with van der Waals surface area (Å²) in [5, 5.41) is 3.44. The predicted octanol–water partition coefficient (Wildman–Crippen LogP) is 2.76. The van der Waals surface area contributed by atoms with Crippen LogP contribution in [0.1, 0.15) is 19.4 Å². The number of ether oxygens (including phenoxy) is 1. The van der Waals surface area contributed by atoms with E-state index in [9.17, 15) is 0 Å². The molecule has 0 aliphatic carbocycles. The molecule has 0 amide bonds. The number of nitrogens with one attached hydrogen (secondary N) is 1. The second-order valence-electron chi connectivity index (χ2n) is 4.16. The van der Waals surface area contributed by atoms with Gasteiger partial charge in [0, 0.05) is 13.1 Å². The van der Waals surface area contributed by atoms with E-state index in [0.717, 1.165) is 37.6 Å². The van der Waals surface area contributed by atoms with Crippen LogP contribution in [-0.2, 0) is 0 Å². The van der Waals surface area contributed by atoms with Crippen molar-refractivity contribution in [2.75, 3.05) is 38.6 Å². The molecular formula is C14H24N2O. The molecule has 1 N–H and O–H groups in total. The fraction of sp³-hybridized carbons (Fsp3) is 0.571. The van der Waals surface area contributed by atoms with Crippen LogP contribution in [0.25, 0.3) is 0 Å². The van der Waals surface area contributed by atoms with Gasteiger partial charge in [-0.1, -0.05) is 19.9 Å². The smallest absolute Gasteiger partial charge is 0.141 e. The Labute approximate surface area is 105 Å². The van der Waals surface area contributed by atoms with E-state index >= 15 is 0 Å². The minimum Gasteiger partial charge on any atom is -0.495 e. The number of rotatable bonds is 7. The third-order valence-electron chi connectivity index (χ3n) is 2.99. The first kappa shape index (κ1) is 13.8. The molecule has 1 rings (SSSR count). The standard InChI is InChI=1S/C14H24N2O/c1-5-16(6-2)10-9-15-13-11-12(3)7-8-14(13)17-4/h7-8,11,15H,5-6,9-10H2,1-4H3. The monoisotopic (exact) mass is 236 g/mol. The van der Waals surface area contributed by atoms with E-state index in [4.69, 9.17) is 4.74 Å². The van der Waals surface area contributed by atoms with Crippen LogP contribution in [-0.4, -0.2) is 38.2 Å². The molecule has 0 saturated heterocycles. The van der Waals surface area contributed by atoms with E-state index in [-0.39, 0.29) is 0 Å². The van der Waals surface area contributed by atoms with Crippen molar-refractivity contribution in [1.82, 2.24) is 4.90 Å². The Morgan fingerprint density at radius 3 is 2.53 bits per heavy atom. The molecule has 0 aromatic heterocycles. The van der Waals surface area contributed by atoms with Crippen LogP contribution >= 0.6 is 0 Å². The number of methoxy groups -OCH3 is 1. The third kappa shape index (κ3) is 4.27. The largest absolute Gasteiger partial charge is 0.495 e. The molecule has 96 valence electrons. The van der Waals surface area contributed by atoms with Crippen molar-refractivity contribution < 1.29 is 4.74 Å². The maximum Gasteiger partial charge on any atom is 0.141 e. The molecule has 0 atom stereocenters. The van der Waals surface area contributed by atoms with E-state index in [1.54, 1.807) is 7.11 Å². The second kappa shape index (κ2) is 7.17. The van der Waals surface area contributed by atoms with Gasteiger partial charge >= 0.3 is 0 Å². The second-order valence-corrected chi connectivity index (χ2v) is 4.16. The summed E-state index contributed by atoms with van der Waals surface area (Å²) in [5.41, 5.74) is 2.33. The van der Waals surface area contributed by atoms with Crippen molar-refractivity contribution in [3.63, 3.8) is 0 Å². The van der Waals surface area contributed by atoms with Crippen molar-refractivity contribution in [2.45, 2.75) is 20.8 Å². The van der Waals surface area contributed by atoms with Crippen LogP contribution in [0.15, 0.2) is 18.2 Å². The summed E-state index contributed by atoms with van der Waals surface area (Å²) >= 11 is 0. The summed E-state index contributed by atoms with van der Waals surface area (Å²) in [4.78, 5) is 2.40. The minimum absolute atomic E-state index is 0.912. The van der Waals surface area contributed by atoms with E-state index < -0.39 is 0 Å². The number of nitrogens with zero attached hydrogens (tertiary/aromatic N) is 1. The van der Waals surface area contributed by atoms with Crippen LogP contribution in [0.2, 0.25) is 0 Å². The molecule has 0 saturated carbocycles. The number of likely N-dealkylation sites (N-methyl/N-ethyl adjacent to an activating group) is 1. The lowest BCUT2D eigenvalue weighted by molar-refractivity contribution is 0.316. The molecule has 0 aliphatic heterocycles. The highest BCUT2D eigenvalue weighted by Crippen LogP contribution is 2.24. The Morgan fingerprint density at radius 1 is 1.24 bits per heavy atom. The molecule has 1 aromatic rings. The van der Waals surface area contributed by atoms with Crippen molar-refractivity contribution >= 4 is 5.69 Å². The van der Waals surface area contributed by atoms with Gasteiger partial charge in [0.1, 0.15) is 5.75 Å². The molecule has 0 radical (unpaired) electrons. The minimum atomic E-state index is 0.912. The van der Waals surface area contributed by atoms with Crippen LogP contribution < -0.4 is 10.1 Å². The summed E-state index contributed by atoms with van der Waals surface area (Å²) in [7, 11) is 1.71. The Kier molecular flexibility index (Phi) is 5.84. The van der Waals surface area contributed by atoms with Gasteiger partial charge < -0.3 is 15.0 Å². The first-order valence-electron chi connectivity index (χ1n) is 6.32. The van der Waals surface area contributed by atoms with Gasteiger partial charge in [0.15, 0.2) is 0 Å². The van der Waals surface area contributed by atoms with E-state index in [1.807, 2.05) is 6.07 Å². The van der Waals surface area contributed by atoms with Crippen LogP contribution in [0.5, 0.6) is 5.75 Å². The van der Waals surface area contributed by atoms with Gasteiger partial charge in [-0.25, -0.2) is 0 Å². The molecule has 0 unspecified atom stereocenters. The maximum absolute atomic E-state index is 5.33. The van der Waals surface area contributed by atoms with E-state index in [2.05, 4.69) is 43.1 Å². The van der Waals surface area contributed by atoms with Crippen LogP contribution in [0.3, 0.4) is 0 Å². The summed E-state index contributed by atoms with van der Waals surface area (Å²) in [6, 6.07) is 6.20. The van der Waals surface area contributed by atoms with Crippen molar-refractivity contribution in [1.29, 1.82) is 0 Å². The highest BCUT2D eigenvalue weighted by atomic mass is 16.5.